The summed E-state index contributed by atoms with van der Waals surface area (Å²) in [5.74, 6) is 2.16. The zero-order chi connectivity index (χ0) is 20.1. The molecular weight excluding hydrogens is 499 g/mol. The van der Waals surface area contributed by atoms with E-state index in [1.54, 1.807) is 30.8 Å². The summed E-state index contributed by atoms with van der Waals surface area (Å²) in [6, 6.07) is 10.7. The molecule has 1 aromatic rings. The highest BCUT2D eigenvalue weighted by Crippen LogP contribution is 2.52. The van der Waals surface area contributed by atoms with Gasteiger partial charge in [-0.25, -0.2) is 4.99 Å². The quantitative estimate of drug-likeness (QED) is 0.186. The number of ether oxygens (including phenoxy) is 1. The van der Waals surface area contributed by atoms with Crippen LogP contribution in [0.25, 0.3) is 0 Å². The maximum absolute atomic E-state index is 12.0. The molecule has 1 aliphatic carbocycles. The minimum Gasteiger partial charge on any atom is -0.377 e. The molecule has 2 N–H and O–H groups in total. The first-order valence-corrected chi connectivity index (χ1v) is 10.9. The van der Waals surface area contributed by atoms with Gasteiger partial charge >= 0.3 is 0 Å². The smallest absolute Gasteiger partial charge is 0.243 e. The topological polar surface area (TPSA) is 66.0 Å². The van der Waals surface area contributed by atoms with Crippen LogP contribution in [0.1, 0.15) is 20.3 Å². The van der Waals surface area contributed by atoms with Gasteiger partial charge < -0.3 is 20.3 Å². The third kappa shape index (κ3) is 6.01. The predicted molar refractivity (Wildman–Crippen MR) is 130 cm³/mol. The van der Waals surface area contributed by atoms with Crippen LogP contribution in [0.2, 0.25) is 0 Å². The summed E-state index contributed by atoms with van der Waals surface area (Å²) in [7, 11) is 3.51. The molecule has 1 aliphatic heterocycles. The summed E-state index contributed by atoms with van der Waals surface area (Å²) >= 11 is 1.81. The van der Waals surface area contributed by atoms with E-state index in [1.807, 2.05) is 6.07 Å². The Hall–Kier alpha value is -1.000. The Balaban J connectivity index is 0.00000300. The van der Waals surface area contributed by atoms with Gasteiger partial charge in [0, 0.05) is 55.3 Å². The molecule has 3 unspecified atom stereocenters. The average molecular weight is 532 g/mol. The molecule has 1 saturated heterocycles. The normalized spacial score (nSPS) is 24.7. The number of halogens is 1. The number of aliphatic imine (C=N–C) groups is 1. The van der Waals surface area contributed by atoms with Crippen molar-refractivity contribution in [3.63, 3.8) is 0 Å². The van der Waals surface area contributed by atoms with Gasteiger partial charge in [-0.05, 0) is 18.6 Å². The van der Waals surface area contributed by atoms with Crippen molar-refractivity contribution >= 4 is 47.6 Å². The first-order chi connectivity index (χ1) is 13.4. The number of carbonyl (C=O) groups is 1. The summed E-state index contributed by atoms with van der Waals surface area (Å²) in [5.41, 5.74) is 0.0635. The number of carbonyl (C=O) groups excluding carboxylic acids is 1. The summed E-state index contributed by atoms with van der Waals surface area (Å²) < 4.78 is 5.89. The Morgan fingerprint density at radius 2 is 2.03 bits per heavy atom. The van der Waals surface area contributed by atoms with Crippen LogP contribution in [-0.4, -0.2) is 68.5 Å². The fraction of sp³-hybridized carbons (Fsp3) is 0.619. The van der Waals surface area contributed by atoms with E-state index >= 15 is 0 Å². The maximum Gasteiger partial charge on any atom is 0.243 e. The highest BCUT2D eigenvalue weighted by Gasteiger charge is 2.59. The van der Waals surface area contributed by atoms with Crippen LogP contribution < -0.4 is 10.6 Å². The van der Waals surface area contributed by atoms with Crippen LogP contribution in [0.5, 0.6) is 0 Å². The maximum atomic E-state index is 12.0. The molecule has 162 valence electrons. The van der Waals surface area contributed by atoms with E-state index in [0.717, 1.165) is 25.3 Å². The zero-order valence-corrected chi connectivity index (χ0v) is 20.8. The second-order valence-electron chi connectivity index (χ2n) is 8.23. The summed E-state index contributed by atoms with van der Waals surface area (Å²) in [4.78, 5) is 19.3. The molecule has 3 atom stereocenters. The van der Waals surface area contributed by atoms with Crippen molar-refractivity contribution < 1.29 is 9.53 Å². The van der Waals surface area contributed by atoms with Crippen molar-refractivity contribution in [1.82, 2.24) is 15.5 Å². The molecule has 2 fully saturated rings. The van der Waals surface area contributed by atoms with Crippen LogP contribution in [0.15, 0.2) is 40.2 Å². The van der Waals surface area contributed by atoms with Crippen LogP contribution in [0, 0.1) is 11.3 Å². The number of benzene rings is 1. The van der Waals surface area contributed by atoms with Gasteiger partial charge in [0.15, 0.2) is 5.96 Å². The minimum absolute atomic E-state index is 0. The Morgan fingerprint density at radius 1 is 1.31 bits per heavy atom. The van der Waals surface area contributed by atoms with Crippen molar-refractivity contribution in [1.29, 1.82) is 0 Å². The Labute approximate surface area is 195 Å². The van der Waals surface area contributed by atoms with Gasteiger partial charge in [-0.1, -0.05) is 32.0 Å². The first kappa shape index (κ1) is 24.3. The fourth-order valence-corrected chi connectivity index (χ4v) is 4.85. The number of likely N-dealkylation sites (N-methyl/N-ethyl adjacent to an activating group) is 1. The van der Waals surface area contributed by atoms with Crippen LogP contribution in [0.4, 0.5) is 0 Å². The molecule has 0 aromatic heterocycles. The lowest BCUT2D eigenvalue weighted by Gasteiger charge is -2.54. The first-order valence-electron chi connectivity index (χ1n) is 9.94. The fourth-order valence-electron chi connectivity index (χ4n) is 4.06. The van der Waals surface area contributed by atoms with E-state index in [9.17, 15) is 4.79 Å². The number of fused-ring (bicyclic) bond motifs is 1. The number of thioether (sulfide) groups is 1. The molecule has 1 amide bonds. The molecule has 0 spiro atoms. The summed E-state index contributed by atoms with van der Waals surface area (Å²) in [5, 5.41) is 6.99. The predicted octanol–water partition coefficient (Wildman–Crippen LogP) is 2.83. The zero-order valence-electron chi connectivity index (χ0n) is 17.7. The van der Waals surface area contributed by atoms with E-state index in [-0.39, 0.29) is 41.8 Å². The van der Waals surface area contributed by atoms with Crippen LogP contribution in [-0.2, 0) is 9.53 Å². The van der Waals surface area contributed by atoms with Gasteiger partial charge in [0.1, 0.15) is 6.54 Å². The Kier molecular flexibility index (Phi) is 9.09. The second-order valence-corrected chi connectivity index (χ2v) is 9.40. The molecule has 1 saturated carbocycles. The summed E-state index contributed by atoms with van der Waals surface area (Å²) in [6.45, 7) is 6.24. The molecule has 2 aliphatic rings. The molecule has 0 radical (unpaired) electrons. The van der Waals surface area contributed by atoms with Gasteiger partial charge in [0.05, 0.1) is 6.10 Å². The van der Waals surface area contributed by atoms with E-state index in [2.05, 4.69) is 53.7 Å². The minimum atomic E-state index is -0.00490. The number of hydrogen-bond acceptors (Lipinski definition) is 4. The average Bonchev–Trinajstić information content (AvgIpc) is 3.14. The van der Waals surface area contributed by atoms with E-state index in [0.29, 0.717) is 24.0 Å². The third-order valence-corrected chi connectivity index (χ3v) is 6.68. The number of hydrogen-bond donors (Lipinski definition) is 2. The SMILES string of the molecule is CN(C)C(=O)CN=C(NCCSc1ccccc1)NC1C2CCOC2C1(C)C.I. The molecule has 29 heavy (non-hydrogen) atoms. The van der Waals surface area contributed by atoms with Gasteiger partial charge in [-0.2, -0.15) is 0 Å². The Morgan fingerprint density at radius 3 is 2.72 bits per heavy atom. The molecular formula is C21H33IN4O2S. The summed E-state index contributed by atoms with van der Waals surface area (Å²) in [6.07, 6.45) is 1.41. The van der Waals surface area contributed by atoms with Gasteiger partial charge in [-0.3, -0.25) is 4.79 Å². The van der Waals surface area contributed by atoms with Crippen LogP contribution >= 0.6 is 35.7 Å². The molecule has 6 nitrogen and oxygen atoms in total. The number of nitrogens with one attached hydrogen (secondary N) is 2. The van der Waals surface area contributed by atoms with Gasteiger partial charge in [0.2, 0.25) is 5.91 Å². The number of amides is 1. The number of rotatable bonds is 7. The van der Waals surface area contributed by atoms with E-state index in [4.69, 9.17) is 4.74 Å². The molecule has 1 aromatic carbocycles. The lowest BCUT2D eigenvalue weighted by molar-refractivity contribution is -0.127. The van der Waals surface area contributed by atoms with E-state index in [1.165, 1.54) is 4.90 Å². The van der Waals surface area contributed by atoms with Crippen LogP contribution in [0.3, 0.4) is 0 Å². The monoisotopic (exact) mass is 532 g/mol. The largest absolute Gasteiger partial charge is 0.377 e. The third-order valence-electron chi connectivity index (χ3n) is 5.67. The second kappa shape index (κ2) is 10.9. The molecule has 1 heterocycles. The highest BCUT2D eigenvalue weighted by atomic mass is 127. The molecule has 8 heteroatoms. The highest BCUT2D eigenvalue weighted by molar-refractivity contribution is 14.0. The van der Waals surface area contributed by atoms with Crippen molar-refractivity contribution in [3.8, 4) is 0 Å². The lowest BCUT2D eigenvalue weighted by atomic mass is 9.57. The van der Waals surface area contributed by atoms with E-state index < -0.39 is 0 Å². The van der Waals surface area contributed by atoms with Gasteiger partial charge in [-0.15, -0.1) is 35.7 Å². The standard InChI is InChI=1S/C21H32N4O2S.HI/c1-21(2)18(16-10-12-27-19(16)21)24-20(23-14-17(26)25(3)4)22-11-13-28-15-8-6-5-7-9-15;/h5-9,16,18-19H,10-14H2,1-4H3,(H2,22,23,24);1H. The Bertz CT molecular complexity index is 699. The number of nitrogens with zero attached hydrogens (tertiary/aromatic N) is 2. The van der Waals surface area contributed by atoms with Crippen molar-refractivity contribution in [3.05, 3.63) is 30.3 Å². The van der Waals surface area contributed by atoms with Gasteiger partial charge in [0.25, 0.3) is 0 Å². The lowest BCUT2D eigenvalue weighted by Crippen LogP contribution is -2.68. The van der Waals surface area contributed by atoms with Crippen molar-refractivity contribution in [2.45, 2.75) is 37.3 Å². The molecule has 0 bridgehead atoms. The van der Waals surface area contributed by atoms with Crippen molar-refractivity contribution in [2.24, 2.45) is 16.3 Å². The number of guanidine groups is 1. The molecule has 3 rings (SSSR count). The van der Waals surface area contributed by atoms with Crippen molar-refractivity contribution in [2.75, 3.05) is 39.5 Å².